The summed E-state index contributed by atoms with van der Waals surface area (Å²) in [4.78, 5) is 0. The molecule has 0 amide bonds. The van der Waals surface area contributed by atoms with E-state index >= 15 is 0 Å². The highest BCUT2D eigenvalue weighted by atomic mass is 16.5. The van der Waals surface area contributed by atoms with Gasteiger partial charge in [-0.1, -0.05) is 19.3 Å². The average Bonchev–Trinajstić information content (AvgIpc) is 2.99. The van der Waals surface area contributed by atoms with Gasteiger partial charge in [0.1, 0.15) is 0 Å². The number of nitrogens with zero attached hydrogens (tertiary/aromatic N) is 2. The molecule has 1 saturated carbocycles. The van der Waals surface area contributed by atoms with Crippen LogP contribution in [0.2, 0.25) is 0 Å². The summed E-state index contributed by atoms with van der Waals surface area (Å²) in [6.07, 6.45) is 13.2. The van der Waals surface area contributed by atoms with Gasteiger partial charge in [-0.25, -0.2) is 0 Å². The van der Waals surface area contributed by atoms with Gasteiger partial charge in [-0.05, 0) is 25.7 Å². The van der Waals surface area contributed by atoms with Crippen molar-refractivity contribution in [3.05, 3.63) is 18.0 Å². The van der Waals surface area contributed by atoms with E-state index in [-0.39, 0.29) is 5.60 Å². The van der Waals surface area contributed by atoms with Crippen LogP contribution in [0.5, 0.6) is 0 Å². The highest BCUT2D eigenvalue weighted by Gasteiger charge is 2.40. The first-order valence-electron chi connectivity index (χ1n) is 7.19. The lowest BCUT2D eigenvalue weighted by atomic mass is 9.83. The SMILES string of the molecule is NCc1cnn(CC2CCC3(CCCCC3)O2)c1. The monoisotopic (exact) mass is 249 g/mol. The first kappa shape index (κ1) is 12.2. The predicted molar refractivity (Wildman–Crippen MR) is 70.0 cm³/mol. The molecule has 1 unspecified atom stereocenters. The first-order valence-corrected chi connectivity index (χ1v) is 7.19. The van der Waals surface area contributed by atoms with Crippen LogP contribution in [-0.2, 0) is 17.8 Å². The molecule has 1 aromatic rings. The molecular formula is C14H23N3O. The molecule has 1 aliphatic heterocycles. The van der Waals surface area contributed by atoms with Crippen LogP contribution in [0.1, 0.15) is 50.5 Å². The molecule has 0 aromatic carbocycles. The van der Waals surface area contributed by atoms with Gasteiger partial charge < -0.3 is 10.5 Å². The predicted octanol–water partition coefficient (Wildman–Crippen LogP) is 2.22. The molecule has 2 fully saturated rings. The third-order valence-electron chi connectivity index (χ3n) is 4.42. The van der Waals surface area contributed by atoms with Crippen LogP contribution in [0.3, 0.4) is 0 Å². The summed E-state index contributed by atoms with van der Waals surface area (Å²) in [7, 11) is 0. The number of aromatic nitrogens is 2. The maximum absolute atomic E-state index is 6.34. The third kappa shape index (κ3) is 2.45. The lowest BCUT2D eigenvalue weighted by Gasteiger charge is -2.33. The zero-order valence-electron chi connectivity index (χ0n) is 11.0. The van der Waals surface area contributed by atoms with Crippen molar-refractivity contribution in [3.8, 4) is 0 Å². The van der Waals surface area contributed by atoms with E-state index in [4.69, 9.17) is 10.5 Å². The molecule has 100 valence electrons. The topological polar surface area (TPSA) is 53.1 Å². The van der Waals surface area contributed by atoms with Gasteiger partial charge in [-0.2, -0.15) is 5.10 Å². The van der Waals surface area contributed by atoms with Crippen LogP contribution in [0.25, 0.3) is 0 Å². The van der Waals surface area contributed by atoms with Gasteiger partial charge in [-0.3, -0.25) is 4.68 Å². The Balaban J connectivity index is 1.58. The van der Waals surface area contributed by atoms with Crippen molar-refractivity contribution in [2.75, 3.05) is 0 Å². The summed E-state index contributed by atoms with van der Waals surface area (Å²) in [6.45, 7) is 1.44. The maximum Gasteiger partial charge on any atom is 0.0779 e. The van der Waals surface area contributed by atoms with Crippen molar-refractivity contribution in [2.45, 2.75) is 69.7 Å². The van der Waals surface area contributed by atoms with Gasteiger partial charge in [0.25, 0.3) is 0 Å². The Morgan fingerprint density at radius 3 is 2.89 bits per heavy atom. The largest absolute Gasteiger partial charge is 0.370 e. The Bertz CT molecular complexity index is 395. The normalized spacial score (nSPS) is 26.8. The highest BCUT2D eigenvalue weighted by molar-refractivity contribution is 5.03. The van der Waals surface area contributed by atoms with Crippen LogP contribution in [0.4, 0.5) is 0 Å². The Kier molecular flexibility index (Phi) is 3.39. The smallest absolute Gasteiger partial charge is 0.0779 e. The lowest BCUT2D eigenvalue weighted by Crippen LogP contribution is -2.32. The molecule has 1 saturated heterocycles. The van der Waals surface area contributed by atoms with Crippen LogP contribution >= 0.6 is 0 Å². The minimum atomic E-state index is 0.215. The van der Waals surface area contributed by atoms with E-state index in [0.717, 1.165) is 12.1 Å². The van der Waals surface area contributed by atoms with Crippen molar-refractivity contribution in [2.24, 2.45) is 5.73 Å². The standard InChI is InChI=1S/C14H23N3O/c15-8-12-9-16-17(10-12)11-13-4-7-14(18-13)5-2-1-3-6-14/h9-10,13H,1-8,11,15H2. The van der Waals surface area contributed by atoms with Crippen molar-refractivity contribution in [3.63, 3.8) is 0 Å². The summed E-state index contributed by atoms with van der Waals surface area (Å²) < 4.78 is 8.33. The maximum atomic E-state index is 6.34. The number of hydrogen-bond acceptors (Lipinski definition) is 3. The molecule has 2 aliphatic rings. The molecular weight excluding hydrogens is 226 g/mol. The Hall–Kier alpha value is -0.870. The van der Waals surface area contributed by atoms with E-state index in [1.807, 2.05) is 17.1 Å². The molecule has 1 atom stereocenters. The second-order valence-corrected chi connectivity index (χ2v) is 5.80. The van der Waals surface area contributed by atoms with Crippen molar-refractivity contribution in [1.82, 2.24) is 9.78 Å². The summed E-state index contributed by atoms with van der Waals surface area (Å²) in [5.41, 5.74) is 6.91. The molecule has 0 bridgehead atoms. The lowest BCUT2D eigenvalue weighted by molar-refractivity contribution is -0.0688. The zero-order chi connectivity index (χ0) is 12.4. The van der Waals surface area contributed by atoms with Gasteiger partial charge in [-0.15, -0.1) is 0 Å². The molecule has 18 heavy (non-hydrogen) atoms. The van der Waals surface area contributed by atoms with E-state index in [9.17, 15) is 0 Å². The highest BCUT2D eigenvalue weighted by Crippen LogP contribution is 2.42. The fourth-order valence-corrected chi connectivity index (χ4v) is 3.41. The molecule has 2 heterocycles. The quantitative estimate of drug-likeness (QED) is 0.893. The summed E-state index contributed by atoms with van der Waals surface area (Å²) in [6, 6.07) is 0. The van der Waals surface area contributed by atoms with Crippen LogP contribution in [0, 0.1) is 0 Å². The molecule has 1 aliphatic carbocycles. The Morgan fingerprint density at radius 1 is 1.33 bits per heavy atom. The van der Waals surface area contributed by atoms with Crippen LogP contribution < -0.4 is 5.73 Å². The molecule has 2 N–H and O–H groups in total. The second-order valence-electron chi connectivity index (χ2n) is 5.80. The van der Waals surface area contributed by atoms with E-state index in [1.54, 1.807) is 0 Å². The van der Waals surface area contributed by atoms with E-state index < -0.39 is 0 Å². The number of ether oxygens (including phenoxy) is 1. The first-order chi connectivity index (χ1) is 8.80. The van der Waals surface area contributed by atoms with Crippen molar-refractivity contribution >= 4 is 0 Å². The van der Waals surface area contributed by atoms with Crippen LogP contribution in [-0.4, -0.2) is 21.5 Å². The Morgan fingerprint density at radius 2 is 2.17 bits per heavy atom. The fourth-order valence-electron chi connectivity index (χ4n) is 3.41. The number of rotatable bonds is 3. The number of nitrogens with two attached hydrogens (primary N) is 1. The zero-order valence-corrected chi connectivity index (χ0v) is 11.0. The minimum absolute atomic E-state index is 0.215. The van der Waals surface area contributed by atoms with Gasteiger partial charge in [0.05, 0.1) is 24.4 Å². The van der Waals surface area contributed by atoms with Gasteiger partial charge >= 0.3 is 0 Å². The van der Waals surface area contributed by atoms with Gasteiger partial charge in [0, 0.05) is 18.3 Å². The van der Waals surface area contributed by atoms with Gasteiger partial charge in [0.2, 0.25) is 0 Å². The third-order valence-corrected chi connectivity index (χ3v) is 4.42. The Labute approximate surface area is 108 Å². The van der Waals surface area contributed by atoms with Crippen LogP contribution in [0.15, 0.2) is 12.4 Å². The van der Waals surface area contributed by atoms with Crippen molar-refractivity contribution < 1.29 is 4.74 Å². The van der Waals surface area contributed by atoms with E-state index in [1.165, 1.54) is 44.9 Å². The summed E-state index contributed by atoms with van der Waals surface area (Å²) in [5, 5.41) is 4.34. The molecule has 3 rings (SSSR count). The molecule has 1 spiro atoms. The number of hydrogen-bond donors (Lipinski definition) is 1. The minimum Gasteiger partial charge on any atom is -0.370 e. The summed E-state index contributed by atoms with van der Waals surface area (Å²) >= 11 is 0. The van der Waals surface area contributed by atoms with Gasteiger partial charge in [0.15, 0.2) is 0 Å². The molecule has 4 nitrogen and oxygen atoms in total. The van der Waals surface area contributed by atoms with E-state index in [0.29, 0.717) is 12.6 Å². The van der Waals surface area contributed by atoms with Crippen molar-refractivity contribution in [1.29, 1.82) is 0 Å². The molecule has 1 aromatic heterocycles. The molecule has 0 radical (unpaired) electrons. The summed E-state index contributed by atoms with van der Waals surface area (Å²) in [5.74, 6) is 0. The fraction of sp³-hybridized carbons (Fsp3) is 0.786. The molecule has 4 heteroatoms. The average molecular weight is 249 g/mol. The second kappa shape index (κ2) is 5.02. The van der Waals surface area contributed by atoms with E-state index in [2.05, 4.69) is 5.10 Å².